The highest BCUT2D eigenvalue weighted by atomic mass is 35.5. The fourth-order valence-electron chi connectivity index (χ4n) is 2.61. The van der Waals surface area contributed by atoms with Gasteiger partial charge in [-0.3, -0.25) is 4.79 Å². The van der Waals surface area contributed by atoms with Gasteiger partial charge in [0.1, 0.15) is 0 Å². The minimum atomic E-state index is 0. The van der Waals surface area contributed by atoms with Crippen molar-refractivity contribution in [2.45, 2.75) is 45.6 Å². The van der Waals surface area contributed by atoms with E-state index in [0.29, 0.717) is 24.8 Å². The van der Waals surface area contributed by atoms with Crippen molar-refractivity contribution in [1.82, 2.24) is 10.6 Å². The molecule has 0 aliphatic carbocycles. The minimum absolute atomic E-state index is 0. The van der Waals surface area contributed by atoms with Crippen molar-refractivity contribution in [3.05, 3.63) is 35.4 Å². The lowest BCUT2D eigenvalue weighted by Gasteiger charge is -2.10. The van der Waals surface area contributed by atoms with Crippen molar-refractivity contribution < 1.29 is 4.79 Å². The Balaban J connectivity index is 0.00000220. The molecule has 0 aromatic heterocycles. The number of carbonyl (C=O) groups excluding carboxylic acids is 1. The van der Waals surface area contributed by atoms with E-state index in [1.165, 1.54) is 17.5 Å². The monoisotopic (exact) mass is 310 g/mol. The third kappa shape index (κ3) is 6.06. The first-order valence-electron chi connectivity index (χ1n) is 7.71. The molecule has 1 aliphatic rings. The largest absolute Gasteiger partial charge is 0.352 e. The molecule has 1 heterocycles. The zero-order valence-corrected chi connectivity index (χ0v) is 13.8. The number of benzene rings is 1. The molecule has 21 heavy (non-hydrogen) atoms. The van der Waals surface area contributed by atoms with Crippen LogP contribution in [-0.2, 0) is 11.3 Å². The van der Waals surface area contributed by atoms with Gasteiger partial charge in [0.15, 0.2) is 0 Å². The molecule has 0 bridgehead atoms. The molecule has 2 N–H and O–H groups in total. The van der Waals surface area contributed by atoms with Crippen LogP contribution >= 0.6 is 12.4 Å². The van der Waals surface area contributed by atoms with Crippen molar-refractivity contribution in [3.63, 3.8) is 0 Å². The standard InChI is InChI=1S/C17H26N2O.ClH/c1-13(2)16-6-3-14(4-7-16)12-19-17(20)8-5-15-9-10-18-11-15;/h3-4,6-7,13,15,18H,5,8-12H2,1-2H3,(H,19,20);1H. The lowest BCUT2D eigenvalue weighted by molar-refractivity contribution is -0.121. The average Bonchev–Trinajstić information content (AvgIpc) is 2.96. The Labute approximate surface area is 134 Å². The van der Waals surface area contributed by atoms with Crippen LogP contribution in [0.3, 0.4) is 0 Å². The number of nitrogens with one attached hydrogen (secondary N) is 2. The number of amides is 1. The maximum atomic E-state index is 11.8. The Morgan fingerprint density at radius 2 is 2.05 bits per heavy atom. The molecule has 0 radical (unpaired) electrons. The van der Waals surface area contributed by atoms with E-state index >= 15 is 0 Å². The highest BCUT2D eigenvalue weighted by Gasteiger charge is 2.15. The van der Waals surface area contributed by atoms with E-state index in [4.69, 9.17) is 0 Å². The first-order valence-corrected chi connectivity index (χ1v) is 7.71. The van der Waals surface area contributed by atoms with E-state index in [1.54, 1.807) is 0 Å². The van der Waals surface area contributed by atoms with Crippen LogP contribution in [0, 0.1) is 5.92 Å². The zero-order chi connectivity index (χ0) is 14.4. The van der Waals surface area contributed by atoms with Gasteiger partial charge in [-0.05, 0) is 48.9 Å². The van der Waals surface area contributed by atoms with Crippen LogP contribution in [0.1, 0.15) is 50.2 Å². The van der Waals surface area contributed by atoms with Crippen LogP contribution in [0.25, 0.3) is 0 Å². The predicted molar refractivity (Wildman–Crippen MR) is 89.8 cm³/mol. The van der Waals surface area contributed by atoms with E-state index in [0.717, 1.165) is 19.5 Å². The van der Waals surface area contributed by atoms with Gasteiger partial charge < -0.3 is 10.6 Å². The summed E-state index contributed by atoms with van der Waals surface area (Å²) in [6, 6.07) is 8.51. The van der Waals surface area contributed by atoms with Gasteiger partial charge in [-0.25, -0.2) is 0 Å². The Morgan fingerprint density at radius 3 is 2.62 bits per heavy atom. The van der Waals surface area contributed by atoms with Crippen molar-refractivity contribution in [2.24, 2.45) is 5.92 Å². The molecule has 1 aliphatic heterocycles. The molecule has 118 valence electrons. The van der Waals surface area contributed by atoms with Crippen LogP contribution in [0.5, 0.6) is 0 Å². The maximum Gasteiger partial charge on any atom is 0.220 e. The molecular weight excluding hydrogens is 284 g/mol. The van der Waals surface area contributed by atoms with Crippen molar-refractivity contribution in [3.8, 4) is 0 Å². The highest BCUT2D eigenvalue weighted by molar-refractivity contribution is 5.85. The molecule has 0 spiro atoms. The molecule has 1 atom stereocenters. The summed E-state index contributed by atoms with van der Waals surface area (Å²) in [5.41, 5.74) is 2.51. The fourth-order valence-corrected chi connectivity index (χ4v) is 2.61. The van der Waals surface area contributed by atoms with Gasteiger partial charge in [0.2, 0.25) is 5.91 Å². The summed E-state index contributed by atoms with van der Waals surface area (Å²) in [7, 11) is 0. The SMILES string of the molecule is CC(C)c1ccc(CNC(=O)CCC2CCNC2)cc1.Cl. The second kappa shape index (κ2) is 9.06. The number of halogens is 1. The Morgan fingerprint density at radius 1 is 1.33 bits per heavy atom. The van der Waals surface area contributed by atoms with Gasteiger partial charge in [0.25, 0.3) is 0 Å². The fraction of sp³-hybridized carbons (Fsp3) is 0.588. The highest BCUT2D eigenvalue weighted by Crippen LogP contribution is 2.15. The summed E-state index contributed by atoms with van der Waals surface area (Å²) in [4.78, 5) is 11.8. The van der Waals surface area contributed by atoms with E-state index in [2.05, 4.69) is 48.7 Å². The van der Waals surface area contributed by atoms with Crippen molar-refractivity contribution in [2.75, 3.05) is 13.1 Å². The lowest BCUT2D eigenvalue weighted by Crippen LogP contribution is -2.23. The molecule has 1 aromatic carbocycles. The van der Waals surface area contributed by atoms with Crippen LogP contribution in [-0.4, -0.2) is 19.0 Å². The smallest absolute Gasteiger partial charge is 0.220 e. The summed E-state index contributed by atoms with van der Waals surface area (Å²) in [6.45, 7) is 7.20. The molecule has 4 heteroatoms. The summed E-state index contributed by atoms with van der Waals surface area (Å²) in [5.74, 6) is 1.41. The normalized spacial score (nSPS) is 17.6. The first-order chi connectivity index (χ1) is 9.65. The molecule has 1 unspecified atom stereocenters. The average molecular weight is 311 g/mol. The summed E-state index contributed by atoms with van der Waals surface area (Å²) in [5, 5.41) is 6.35. The molecule has 2 rings (SSSR count). The quantitative estimate of drug-likeness (QED) is 0.847. The lowest BCUT2D eigenvalue weighted by atomic mass is 10.0. The topological polar surface area (TPSA) is 41.1 Å². The van der Waals surface area contributed by atoms with E-state index in [-0.39, 0.29) is 18.3 Å². The van der Waals surface area contributed by atoms with Crippen LogP contribution < -0.4 is 10.6 Å². The Hall–Kier alpha value is -1.06. The molecule has 1 saturated heterocycles. The van der Waals surface area contributed by atoms with E-state index in [1.807, 2.05) is 0 Å². The van der Waals surface area contributed by atoms with Crippen LogP contribution in [0.2, 0.25) is 0 Å². The number of hydrogen-bond donors (Lipinski definition) is 2. The second-order valence-corrected chi connectivity index (χ2v) is 6.07. The van der Waals surface area contributed by atoms with Crippen LogP contribution in [0.4, 0.5) is 0 Å². The van der Waals surface area contributed by atoms with Crippen LogP contribution in [0.15, 0.2) is 24.3 Å². The Bertz CT molecular complexity index is 425. The molecule has 0 saturated carbocycles. The van der Waals surface area contributed by atoms with Gasteiger partial charge in [-0.1, -0.05) is 38.1 Å². The van der Waals surface area contributed by atoms with Crippen molar-refractivity contribution in [1.29, 1.82) is 0 Å². The van der Waals surface area contributed by atoms with Gasteiger partial charge in [-0.2, -0.15) is 0 Å². The van der Waals surface area contributed by atoms with Gasteiger partial charge in [0.05, 0.1) is 0 Å². The zero-order valence-electron chi connectivity index (χ0n) is 13.0. The first kappa shape index (κ1) is 18.0. The van der Waals surface area contributed by atoms with E-state index in [9.17, 15) is 4.79 Å². The number of carbonyl (C=O) groups is 1. The summed E-state index contributed by atoms with van der Waals surface area (Å²) in [6.07, 6.45) is 2.87. The molecular formula is C17H27ClN2O. The summed E-state index contributed by atoms with van der Waals surface area (Å²) < 4.78 is 0. The van der Waals surface area contributed by atoms with E-state index < -0.39 is 0 Å². The summed E-state index contributed by atoms with van der Waals surface area (Å²) >= 11 is 0. The molecule has 1 fully saturated rings. The van der Waals surface area contributed by atoms with Gasteiger partial charge in [-0.15, -0.1) is 12.4 Å². The molecule has 3 nitrogen and oxygen atoms in total. The van der Waals surface area contributed by atoms with Crippen molar-refractivity contribution >= 4 is 18.3 Å². The Kier molecular flexibility index (Phi) is 7.76. The van der Waals surface area contributed by atoms with Gasteiger partial charge in [0, 0.05) is 13.0 Å². The predicted octanol–water partition coefficient (Wildman–Crippen LogP) is 3.24. The minimum Gasteiger partial charge on any atom is -0.352 e. The maximum absolute atomic E-state index is 11.8. The molecule has 1 amide bonds. The molecule has 1 aromatic rings. The second-order valence-electron chi connectivity index (χ2n) is 6.07. The third-order valence-electron chi connectivity index (χ3n) is 4.08. The van der Waals surface area contributed by atoms with Gasteiger partial charge >= 0.3 is 0 Å². The third-order valence-corrected chi connectivity index (χ3v) is 4.08. The number of rotatable bonds is 6. The number of hydrogen-bond acceptors (Lipinski definition) is 2.